The second-order valence-electron chi connectivity index (χ2n) is 8.25. The Kier molecular flexibility index (Phi) is 9.57. The summed E-state index contributed by atoms with van der Waals surface area (Å²) in [5.41, 5.74) is 4.04. The Morgan fingerprint density at radius 3 is 2.43 bits per heavy atom. The molecule has 0 aliphatic rings. The minimum Gasteiger partial charge on any atom is -0.465 e. The molecule has 2 N–H and O–H groups in total. The zero-order chi connectivity index (χ0) is 27.4. The topological polar surface area (TPSA) is 88.5 Å². The van der Waals surface area contributed by atoms with E-state index >= 15 is 0 Å². The third kappa shape index (κ3) is 6.26. The van der Waals surface area contributed by atoms with Crippen LogP contribution < -0.4 is 10.6 Å². The number of carbonyl (C=O) groups is 2. The summed E-state index contributed by atoms with van der Waals surface area (Å²) >= 11 is 19.1. The largest absolute Gasteiger partial charge is 0.465 e. The molecule has 2 heterocycles. The number of hydrogen-bond donors (Lipinski definition) is 2. The highest BCUT2D eigenvalue weighted by Crippen LogP contribution is 2.35. The van der Waals surface area contributed by atoms with Crippen molar-refractivity contribution in [2.75, 3.05) is 30.8 Å². The number of halogens is 2. The Morgan fingerprint density at radius 1 is 1.16 bits per heavy atom. The minimum absolute atomic E-state index is 0.140. The maximum atomic E-state index is 13.0. The van der Waals surface area contributed by atoms with E-state index in [1.54, 1.807) is 24.0 Å². The van der Waals surface area contributed by atoms with Crippen molar-refractivity contribution in [1.82, 2.24) is 14.7 Å². The number of ether oxygens (including phenoxy) is 1. The van der Waals surface area contributed by atoms with E-state index in [4.69, 9.17) is 40.2 Å². The Balaban J connectivity index is 1.86. The number of benzene rings is 1. The van der Waals surface area contributed by atoms with Gasteiger partial charge in [-0.2, -0.15) is 5.10 Å². The van der Waals surface area contributed by atoms with Crippen LogP contribution in [-0.4, -0.2) is 51.9 Å². The van der Waals surface area contributed by atoms with Crippen LogP contribution in [0.4, 0.5) is 10.7 Å². The number of hydrogen-bond acceptors (Lipinski definition) is 6. The number of nitrogens with one attached hydrogen (secondary N) is 2. The first kappa shape index (κ1) is 28.9. The van der Waals surface area contributed by atoms with Crippen LogP contribution in [0.25, 0.3) is 0 Å². The number of methoxy groups -OCH3 is 1. The van der Waals surface area contributed by atoms with Gasteiger partial charge in [0, 0.05) is 23.1 Å². The van der Waals surface area contributed by atoms with Gasteiger partial charge in [0.05, 0.1) is 41.2 Å². The summed E-state index contributed by atoms with van der Waals surface area (Å²) in [7, 11) is 1.31. The average molecular weight is 583 g/mol. The molecule has 0 bridgehead atoms. The number of amides is 1. The van der Waals surface area contributed by atoms with Gasteiger partial charge in [-0.25, -0.2) is 4.79 Å². The number of carbonyl (C=O) groups excluding carboxylic acids is 2. The van der Waals surface area contributed by atoms with Crippen LogP contribution >= 0.6 is 46.8 Å². The number of aromatic nitrogens is 2. The standard InChI is InChI=1S/C25H29Cl2N5O3S2/c1-7-31(8-2)23(33)21-13(3)19(24(34)35-6)22(37-21)29-25(36)28-20-14(4)30-32(15(20)5)12-16-9-10-17(26)11-18(16)27/h9-11H,7-8,12H2,1-6H3,(H2,28,29,36). The van der Waals surface area contributed by atoms with Crippen LogP contribution in [0, 0.1) is 20.8 Å². The van der Waals surface area contributed by atoms with E-state index in [2.05, 4.69) is 15.7 Å². The highest BCUT2D eigenvalue weighted by molar-refractivity contribution is 7.80. The molecule has 0 atom stereocenters. The molecule has 8 nitrogen and oxygen atoms in total. The Labute approximate surface area is 235 Å². The number of thiophene rings is 1. The molecule has 12 heteroatoms. The first-order chi connectivity index (χ1) is 17.5. The van der Waals surface area contributed by atoms with E-state index in [-0.39, 0.29) is 16.6 Å². The van der Waals surface area contributed by atoms with Gasteiger partial charge in [-0.1, -0.05) is 29.3 Å². The molecule has 0 spiro atoms. The fourth-order valence-corrected chi connectivity index (χ4v) is 5.80. The van der Waals surface area contributed by atoms with Crippen molar-refractivity contribution >= 4 is 74.4 Å². The van der Waals surface area contributed by atoms with Gasteiger partial charge in [0.15, 0.2) is 5.11 Å². The van der Waals surface area contributed by atoms with E-state index in [9.17, 15) is 9.59 Å². The first-order valence-electron chi connectivity index (χ1n) is 11.6. The second kappa shape index (κ2) is 12.3. The van der Waals surface area contributed by atoms with Crippen LogP contribution in [0.5, 0.6) is 0 Å². The summed E-state index contributed by atoms with van der Waals surface area (Å²) in [5, 5.41) is 12.7. The Bertz CT molecular complexity index is 1350. The zero-order valence-corrected chi connectivity index (χ0v) is 24.6. The fraction of sp³-hybridized carbons (Fsp3) is 0.360. The average Bonchev–Trinajstić information content (AvgIpc) is 3.31. The molecule has 0 aliphatic heterocycles. The van der Waals surface area contributed by atoms with Crippen molar-refractivity contribution < 1.29 is 14.3 Å². The van der Waals surface area contributed by atoms with Crippen molar-refractivity contribution in [2.45, 2.75) is 41.2 Å². The fourth-order valence-electron chi connectivity index (χ4n) is 3.90. The van der Waals surface area contributed by atoms with Crippen molar-refractivity contribution in [3.63, 3.8) is 0 Å². The van der Waals surface area contributed by atoms with Gasteiger partial charge in [0.25, 0.3) is 5.91 Å². The second-order valence-corrected chi connectivity index (χ2v) is 10.5. The smallest absolute Gasteiger partial charge is 0.341 e. The molecule has 0 aliphatic carbocycles. The van der Waals surface area contributed by atoms with Gasteiger partial charge in [-0.3, -0.25) is 9.48 Å². The van der Waals surface area contributed by atoms with E-state index in [0.29, 0.717) is 45.1 Å². The molecule has 0 fully saturated rings. The number of thiocarbonyl (C=S) groups is 1. The summed E-state index contributed by atoms with van der Waals surface area (Å²) in [6.45, 7) is 10.9. The van der Waals surface area contributed by atoms with Gasteiger partial charge in [-0.15, -0.1) is 11.3 Å². The Hall–Kier alpha value is -2.66. The van der Waals surface area contributed by atoms with Gasteiger partial charge in [0.2, 0.25) is 0 Å². The van der Waals surface area contributed by atoms with Crippen LogP contribution in [0.1, 0.15) is 56.4 Å². The molecule has 3 rings (SSSR count). The molecular weight excluding hydrogens is 553 g/mol. The molecule has 198 valence electrons. The molecule has 37 heavy (non-hydrogen) atoms. The maximum Gasteiger partial charge on any atom is 0.341 e. The predicted molar refractivity (Wildman–Crippen MR) is 155 cm³/mol. The summed E-state index contributed by atoms with van der Waals surface area (Å²) in [6, 6.07) is 5.35. The van der Waals surface area contributed by atoms with Gasteiger partial charge in [-0.05, 0) is 70.1 Å². The monoisotopic (exact) mass is 581 g/mol. The lowest BCUT2D eigenvalue weighted by atomic mass is 10.1. The van der Waals surface area contributed by atoms with Gasteiger partial charge in [0.1, 0.15) is 5.00 Å². The lowest BCUT2D eigenvalue weighted by Crippen LogP contribution is -2.30. The summed E-state index contributed by atoms with van der Waals surface area (Å²) in [4.78, 5) is 27.8. The van der Waals surface area contributed by atoms with Crippen molar-refractivity contribution in [3.8, 4) is 0 Å². The van der Waals surface area contributed by atoms with Crippen LogP contribution in [0.3, 0.4) is 0 Å². The van der Waals surface area contributed by atoms with Gasteiger partial charge < -0.3 is 20.3 Å². The van der Waals surface area contributed by atoms with Crippen molar-refractivity contribution in [3.05, 3.63) is 61.2 Å². The number of rotatable bonds is 8. The molecular formula is C25H29Cl2N5O3S2. The summed E-state index contributed by atoms with van der Waals surface area (Å²) in [6.07, 6.45) is 0. The van der Waals surface area contributed by atoms with E-state index in [0.717, 1.165) is 22.6 Å². The lowest BCUT2D eigenvalue weighted by Gasteiger charge is -2.18. The summed E-state index contributed by atoms with van der Waals surface area (Å²) < 4.78 is 6.81. The third-order valence-electron chi connectivity index (χ3n) is 5.96. The number of anilines is 2. The SMILES string of the molecule is CCN(CC)C(=O)c1sc(NC(=S)Nc2c(C)nn(Cc3ccc(Cl)cc3Cl)c2C)c(C(=O)OC)c1C. The molecule has 1 aromatic carbocycles. The third-order valence-corrected chi connectivity index (χ3v) is 7.95. The molecule has 2 aromatic heterocycles. The minimum atomic E-state index is -0.544. The van der Waals surface area contributed by atoms with Crippen LogP contribution in [0.2, 0.25) is 10.0 Å². The first-order valence-corrected chi connectivity index (χ1v) is 13.6. The van der Waals surface area contributed by atoms with Crippen LogP contribution in [0.15, 0.2) is 18.2 Å². The van der Waals surface area contributed by atoms with Crippen molar-refractivity contribution in [1.29, 1.82) is 0 Å². The highest BCUT2D eigenvalue weighted by atomic mass is 35.5. The summed E-state index contributed by atoms with van der Waals surface area (Å²) in [5.74, 6) is -0.684. The van der Waals surface area contributed by atoms with E-state index in [1.807, 2.05) is 38.4 Å². The quantitative estimate of drug-likeness (QED) is 0.238. The van der Waals surface area contributed by atoms with E-state index < -0.39 is 5.97 Å². The van der Waals surface area contributed by atoms with Crippen molar-refractivity contribution in [2.24, 2.45) is 0 Å². The number of nitrogens with zero attached hydrogens (tertiary/aromatic N) is 3. The van der Waals surface area contributed by atoms with Gasteiger partial charge >= 0.3 is 5.97 Å². The molecule has 0 saturated heterocycles. The molecule has 0 unspecified atom stereocenters. The molecule has 3 aromatic rings. The normalized spacial score (nSPS) is 10.8. The lowest BCUT2D eigenvalue weighted by molar-refractivity contribution is 0.0601. The zero-order valence-electron chi connectivity index (χ0n) is 21.5. The van der Waals surface area contributed by atoms with E-state index in [1.165, 1.54) is 18.4 Å². The number of aryl methyl sites for hydroxylation is 1. The number of esters is 1. The predicted octanol–water partition coefficient (Wildman–Crippen LogP) is 6.30. The van der Waals surface area contributed by atoms with Crippen LogP contribution in [-0.2, 0) is 11.3 Å². The molecule has 0 radical (unpaired) electrons. The molecule has 0 saturated carbocycles. The highest BCUT2D eigenvalue weighted by Gasteiger charge is 2.28. The Morgan fingerprint density at radius 2 is 1.84 bits per heavy atom. The maximum absolute atomic E-state index is 13.0. The molecule has 1 amide bonds.